The Morgan fingerprint density at radius 1 is 1.20 bits per heavy atom. The lowest BCUT2D eigenvalue weighted by molar-refractivity contribution is 0.461. The van der Waals surface area contributed by atoms with Gasteiger partial charge in [-0.15, -0.1) is 10.2 Å². The molecule has 1 heterocycles. The van der Waals surface area contributed by atoms with Crippen molar-refractivity contribution in [1.82, 2.24) is 14.8 Å². The first-order chi connectivity index (χ1) is 9.27. The Morgan fingerprint density at radius 2 is 1.80 bits per heavy atom. The van der Waals surface area contributed by atoms with Crippen molar-refractivity contribution in [3.63, 3.8) is 0 Å². The van der Waals surface area contributed by atoms with Gasteiger partial charge in [-0.1, -0.05) is 39.0 Å². The van der Waals surface area contributed by atoms with Crippen molar-refractivity contribution in [3.05, 3.63) is 36.2 Å². The highest BCUT2D eigenvalue weighted by Gasteiger charge is 2.31. The fourth-order valence-corrected chi connectivity index (χ4v) is 2.68. The summed E-state index contributed by atoms with van der Waals surface area (Å²) in [4.78, 5) is 0. The summed E-state index contributed by atoms with van der Waals surface area (Å²) in [5.41, 5.74) is 0.358. The van der Waals surface area contributed by atoms with Gasteiger partial charge in [0.25, 0.3) is 14.2 Å². The van der Waals surface area contributed by atoms with Crippen LogP contribution in [0.2, 0.25) is 0 Å². The van der Waals surface area contributed by atoms with Gasteiger partial charge < -0.3 is 0 Å². The van der Waals surface area contributed by atoms with E-state index in [1.807, 2.05) is 39.0 Å². The highest BCUT2D eigenvalue weighted by Crippen LogP contribution is 2.30. The lowest BCUT2D eigenvalue weighted by Gasteiger charge is -2.22. The standard InChI is InChI=1S/C13H16ClN3O2S/c1-4-13(2,3)11-15-16-12(20(14,18)19)17(11)10-8-6-5-7-9-10/h5-9H,4H2,1-3H3. The van der Waals surface area contributed by atoms with Crippen LogP contribution in [0, 0.1) is 0 Å². The first-order valence-electron chi connectivity index (χ1n) is 6.23. The van der Waals surface area contributed by atoms with Gasteiger partial charge in [-0.2, -0.15) is 0 Å². The van der Waals surface area contributed by atoms with Crippen LogP contribution in [0.1, 0.15) is 33.0 Å². The Morgan fingerprint density at radius 3 is 2.30 bits per heavy atom. The summed E-state index contributed by atoms with van der Waals surface area (Å²) in [5, 5.41) is 7.57. The number of hydrogen-bond donors (Lipinski definition) is 0. The normalized spacial score (nSPS) is 12.6. The van der Waals surface area contributed by atoms with E-state index in [1.54, 1.807) is 12.1 Å². The minimum Gasteiger partial charge on any atom is -0.268 e. The molecule has 20 heavy (non-hydrogen) atoms. The second-order valence-electron chi connectivity index (χ2n) is 5.15. The van der Waals surface area contributed by atoms with Gasteiger partial charge in [-0.25, -0.2) is 8.42 Å². The van der Waals surface area contributed by atoms with E-state index in [2.05, 4.69) is 10.2 Å². The Balaban J connectivity index is 2.77. The molecule has 0 saturated carbocycles. The summed E-state index contributed by atoms with van der Waals surface area (Å²) in [5.74, 6) is 0.574. The second-order valence-corrected chi connectivity index (χ2v) is 7.61. The summed E-state index contributed by atoms with van der Waals surface area (Å²) in [6.07, 6.45) is 0.792. The molecule has 0 aliphatic heterocycles. The van der Waals surface area contributed by atoms with Crippen LogP contribution in [0.15, 0.2) is 35.5 Å². The molecule has 0 amide bonds. The Labute approximate surface area is 123 Å². The molecule has 0 atom stereocenters. The van der Waals surface area contributed by atoms with Crippen LogP contribution >= 0.6 is 10.7 Å². The second kappa shape index (κ2) is 5.18. The number of hydrogen-bond acceptors (Lipinski definition) is 4. The van der Waals surface area contributed by atoms with Gasteiger partial charge in [0, 0.05) is 21.8 Å². The number of benzene rings is 1. The summed E-state index contributed by atoms with van der Waals surface area (Å²) in [7, 11) is 1.50. The van der Waals surface area contributed by atoms with Crippen LogP contribution in [-0.4, -0.2) is 23.2 Å². The predicted molar refractivity (Wildman–Crippen MR) is 77.7 cm³/mol. The molecule has 0 bridgehead atoms. The maximum atomic E-state index is 11.7. The summed E-state index contributed by atoms with van der Waals surface area (Å²) in [6.45, 7) is 5.99. The van der Waals surface area contributed by atoms with E-state index in [-0.39, 0.29) is 10.6 Å². The van der Waals surface area contributed by atoms with Crippen molar-refractivity contribution < 1.29 is 8.42 Å². The first-order valence-corrected chi connectivity index (χ1v) is 8.54. The number of aromatic nitrogens is 3. The fraction of sp³-hybridized carbons (Fsp3) is 0.385. The van der Waals surface area contributed by atoms with Crippen LogP contribution in [0.3, 0.4) is 0 Å². The predicted octanol–water partition coefficient (Wildman–Crippen LogP) is 2.88. The highest BCUT2D eigenvalue weighted by atomic mass is 35.7. The molecule has 0 fully saturated rings. The summed E-state index contributed by atoms with van der Waals surface area (Å²) in [6, 6.07) is 9.09. The van der Waals surface area contributed by atoms with E-state index in [1.165, 1.54) is 4.57 Å². The molecule has 7 heteroatoms. The van der Waals surface area contributed by atoms with E-state index >= 15 is 0 Å². The van der Waals surface area contributed by atoms with E-state index in [0.29, 0.717) is 11.5 Å². The Hall–Kier alpha value is -1.40. The van der Waals surface area contributed by atoms with E-state index in [0.717, 1.165) is 6.42 Å². The number of halogens is 1. The van der Waals surface area contributed by atoms with Crippen molar-refractivity contribution in [3.8, 4) is 5.69 Å². The molecular weight excluding hydrogens is 298 g/mol. The minimum atomic E-state index is -3.97. The van der Waals surface area contributed by atoms with Gasteiger partial charge in [-0.05, 0) is 18.6 Å². The lowest BCUT2D eigenvalue weighted by Crippen LogP contribution is -2.22. The van der Waals surface area contributed by atoms with E-state index < -0.39 is 9.05 Å². The van der Waals surface area contributed by atoms with Crippen LogP contribution in [0.5, 0.6) is 0 Å². The molecule has 0 aliphatic rings. The number of nitrogens with zero attached hydrogens (tertiary/aromatic N) is 3. The molecule has 1 aromatic carbocycles. The van der Waals surface area contributed by atoms with Crippen molar-refractivity contribution in [2.75, 3.05) is 0 Å². The monoisotopic (exact) mass is 313 g/mol. The molecule has 0 saturated heterocycles. The molecule has 0 N–H and O–H groups in total. The smallest absolute Gasteiger partial charge is 0.268 e. The van der Waals surface area contributed by atoms with Crippen molar-refractivity contribution in [1.29, 1.82) is 0 Å². The summed E-state index contributed by atoms with van der Waals surface area (Å²) >= 11 is 0. The third-order valence-electron chi connectivity index (χ3n) is 3.36. The maximum Gasteiger partial charge on any atom is 0.297 e. The lowest BCUT2D eigenvalue weighted by atomic mass is 9.89. The van der Waals surface area contributed by atoms with Gasteiger partial charge in [0.15, 0.2) is 0 Å². The average Bonchev–Trinajstić information content (AvgIpc) is 2.85. The topological polar surface area (TPSA) is 64.8 Å². The molecule has 0 unspecified atom stereocenters. The van der Waals surface area contributed by atoms with Crippen molar-refractivity contribution in [2.45, 2.75) is 37.8 Å². The zero-order chi connectivity index (χ0) is 15.0. The maximum absolute atomic E-state index is 11.7. The molecule has 1 aromatic heterocycles. The Kier molecular flexibility index (Phi) is 3.88. The van der Waals surface area contributed by atoms with Crippen molar-refractivity contribution >= 4 is 19.7 Å². The van der Waals surface area contributed by atoms with Crippen molar-refractivity contribution in [2.24, 2.45) is 0 Å². The largest absolute Gasteiger partial charge is 0.297 e. The van der Waals surface area contributed by atoms with Crippen LogP contribution < -0.4 is 0 Å². The SMILES string of the molecule is CCC(C)(C)c1nnc(S(=O)(=O)Cl)n1-c1ccccc1. The highest BCUT2D eigenvalue weighted by molar-refractivity contribution is 8.13. The third-order valence-corrected chi connectivity index (χ3v) is 4.47. The van der Waals surface area contributed by atoms with Crippen LogP contribution in [0.25, 0.3) is 5.69 Å². The van der Waals surface area contributed by atoms with Gasteiger partial charge in [0.05, 0.1) is 0 Å². The molecule has 2 aromatic rings. The molecule has 108 valence electrons. The zero-order valence-electron chi connectivity index (χ0n) is 11.5. The molecule has 5 nitrogen and oxygen atoms in total. The van der Waals surface area contributed by atoms with Gasteiger partial charge >= 0.3 is 0 Å². The Bertz CT molecular complexity index is 708. The van der Waals surface area contributed by atoms with Gasteiger partial charge in [0.1, 0.15) is 5.82 Å². The zero-order valence-corrected chi connectivity index (χ0v) is 13.1. The molecule has 0 aliphatic carbocycles. The number of para-hydroxylation sites is 1. The summed E-state index contributed by atoms with van der Waals surface area (Å²) < 4.78 is 24.9. The van der Waals surface area contributed by atoms with Crippen LogP contribution in [0.4, 0.5) is 0 Å². The fourth-order valence-electron chi connectivity index (χ4n) is 1.83. The van der Waals surface area contributed by atoms with Gasteiger partial charge in [0.2, 0.25) is 0 Å². The quantitative estimate of drug-likeness (QED) is 0.814. The van der Waals surface area contributed by atoms with E-state index in [9.17, 15) is 8.42 Å². The van der Waals surface area contributed by atoms with Crippen LogP contribution in [-0.2, 0) is 14.5 Å². The molecule has 0 spiro atoms. The molecule has 2 rings (SSSR count). The third kappa shape index (κ3) is 2.71. The van der Waals surface area contributed by atoms with E-state index in [4.69, 9.17) is 10.7 Å². The first kappa shape index (κ1) is 15.0. The molecule has 0 radical (unpaired) electrons. The average molecular weight is 314 g/mol. The van der Waals surface area contributed by atoms with Gasteiger partial charge in [-0.3, -0.25) is 4.57 Å². The molecular formula is C13H16ClN3O2S. The minimum absolute atomic E-state index is 0.248. The number of rotatable bonds is 4.